The Kier molecular flexibility index (Phi) is 4.18. The highest BCUT2D eigenvalue weighted by molar-refractivity contribution is 6.31. The highest BCUT2D eigenvalue weighted by Crippen LogP contribution is 2.35. The van der Waals surface area contributed by atoms with E-state index in [0.29, 0.717) is 0 Å². The first-order valence-electron chi connectivity index (χ1n) is 4.49. The van der Waals surface area contributed by atoms with Crippen molar-refractivity contribution in [3.05, 3.63) is 34.3 Å². The first-order valence-corrected chi connectivity index (χ1v) is 4.87. The third-order valence-electron chi connectivity index (χ3n) is 2.02. The average Bonchev–Trinajstić information content (AvgIpc) is 2.19. The lowest BCUT2D eigenvalue weighted by Gasteiger charge is -2.12. The smallest absolute Gasteiger partial charge is 0.394 e. The number of rotatable bonds is 3. The minimum absolute atomic E-state index is 0.0449. The summed E-state index contributed by atoms with van der Waals surface area (Å²) in [5, 5.41) is 17.3. The van der Waals surface area contributed by atoms with Crippen LogP contribution in [0.15, 0.2) is 18.2 Å². The van der Waals surface area contributed by atoms with Crippen molar-refractivity contribution in [2.24, 2.45) is 0 Å². The van der Waals surface area contributed by atoms with Gasteiger partial charge in [-0.05, 0) is 17.7 Å². The predicted molar refractivity (Wildman–Crippen MR) is 53.3 cm³/mol. The van der Waals surface area contributed by atoms with Gasteiger partial charge in [0.2, 0.25) is 0 Å². The Morgan fingerprint density at radius 1 is 1.31 bits per heavy atom. The Morgan fingerprint density at radius 3 is 2.44 bits per heavy atom. The van der Waals surface area contributed by atoms with E-state index in [2.05, 4.69) is 0 Å². The molecule has 1 atom stereocenters. The fourth-order valence-corrected chi connectivity index (χ4v) is 1.48. The topological polar surface area (TPSA) is 40.5 Å². The van der Waals surface area contributed by atoms with Crippen LogP contribution in [0.5, 0.6) is 0 Å². The molecule has 0 heterocycles. The number of halogens is 4. The second-order valence-corrected chi connectivity index (χ2v) is 3.76. The van der Waals surface area contributed by atoms with Crippen LogP contribution >= 0.6 is 11.6 Å². The van der Waals surface area contributed by atoms with Gasteiger partial charge >= 0.3 is 6.18 Å². The predicted octanol–water partition coefficient (Wildman–Crippen LogP) is 2.25. The van der Waals surface area contributed by atoms with E-state index in [4.69, 9.17) is 21.8 Å². The zero-order valence-electron chi connectivity index (χ0n) is 8.13. The van der Waals surface area contributed by atoms with Crippen molar-refractivity contribution in [3.63, 3.8) is 0 Å². The van der Waals surface area contributed by atoms with E-state index in [1.807, 2.05) is 0 Å². The maximum atomic E-state index is 12.5. The molecule has 0 aromatic heterocycles. The van der Waals surface area contributed by atoms with Crippen LogP contribution in [0.2, 0.25) is 5.02 Å². The summed E-state index contributed by atoms with van der Waals surface area (Å²) in [5.74, 6) is 0. The van der Waals surface area contributed by atoms with E-state index in [1.54, 1.807) is 0 Å². The van der Waals surface area contributed by atoms with Gasteiger partial charge < -0.3 is 10.2 Å². The Balaban J connectivity index is 2.99. The molecular formula is C10H10ClF3O2. The molecule has 0 radical (unpaired) electrons. The zero-order chi connectivity index (χ0) is 12.3. The molecule has 0 aliphatic carbocycles. The standard InChI is InChI=1S/C10H10ClF3O2/c11-9-2-1-6(3-7(16)5-15)4-8(9)10(12,13)14/h1-2,4,7,15-16H,3,5H2. The summed E-state index contributed by atoms with van der Waals surface area (Å²) in [5.41, 5.74) is -0.657. The number of alkyl halides is 3. The Hall–Kier alpha value is -0.780. The Labute approximate surface area is 95.3 Å². The first kappa shape index (κ1) is 13.3. The summed E-state index contributed by atoms with van der Waals surface area (Å²) >= 11 is 5.42. The van der Waals surface area contributed by atoms with Gasteiger partial charge in [-0.3, -0.25) is 0 Å². The van der Waals surface area contributed by atoms with Crippen LogP contribution in [0, 0.1) is 0 Å². The molecule has 1 rings (SSSR count). The van der Waals surface area contributed by atoms with Crippen LogP contribution in [-0.2, 0) is 12.6 Å². The third-order valence-corrected chi connectivity index (χ3v) is 2.35. The molecule has 1 unspecified atom stereocenters. The largest absolute Gasteiger partial charge is 0.417 e. The summed E-state index contributed by atoms with van der Waals surface area (Å²) in [7, 11) is 0. The van der Waals surface area contributed by atoms with Gasteiger partial charge in [-0.25, -0.2) is 0 Å². The van der Waals surface area contributed by atoms with Crippen molar-refractivity contribution in [1.29, 1.82) is 0 Å². The number of hydrogen-bond acceptors (Lipinski definition) is 2. The zero-order valence-corrected chi connectivity index (χ0v) is 8.89. The maximum absolute atomic E-state index is 12.5. The molecular weight excluding hydrogens is 245 g/mol. The highest BCUT2D eigenvalue weighted by Gasteiger charge is 2.33. The minimum Gasteiger partial charge on any atom is -0.394 e. The van der Waals surface area contributed by atoms with Crippen LogP contribution in [0.4, 0.5) is 13.2 Å². The van der Waals surface area contributed by atoms with Crippen molar-refractivity contribution in [1.82, 2.24) is 0 Å². The molecule has 0 saturated heterocycles. The number of aliphatic hydroxyl groups excluding tert-OH is 2. The molecule has 2 N–H and O–H groups in total. The molecule has 1 aromatic carbocycles. The van der Waals surface area contributed by atoms with Crippen molar-refractivity contribution in [2.45, 2.75) is 18.7 Å². The lowest BCUT2D eigenvalue weighted by Crippen LogP contribution is -2.16. The van der Waals surface area contributed by atoms with Crippen molar-refractivity contribution in [3.8, 4) is 0 Å². The molecule has 0 saturated carbocycles. The van der Waals surface area contributed by atoms with E-state index in [-0.39, 0.29) is 17.0 Å². The highest BCUT2D eigenvalue weighted by atomic mass is 35.5. The Bertz CT molecular complexity index is 366. The van der Waals surface area contributed by atoms with Crippen LogP contribution in [-0.4, -0.2) is 22.9 Å². The van der Waals surface area contributed by atoms with Gasteiger partial charge in [-0.1, -0.05) is 17.7 Å². The van der Waals surface area contributed by atoms with Crippen LogP contribution in [0.3, 0.4) is 0 Å². The molecule has 0 aliphatic rings. The summed E-state index contributed by atoms with van der Waals surface area (Å²) < 4.78 is 37.4. The van der Waals surface area contributed by atoms with E-state index >= 15 is 0 Å². The first-order chi connectivity index (χ1) is 7.34. The van der Waals surface area contributed by atoms with Gasteiger partial charge in [0.05, 0.1) is 23.3 Å². The number of benzene rings is 1. The van der Waals surface area contributed by atoms with Crippen molar-refractivity contribution < 1.29 is 23.4 Å². The van der Waals surface area contributed by atoms with E-state index in [9.17, 15) is 13.2 Å². The normalized spacial score (nSPS) is 13.9. The molecule has 6 heteroatoms. The minimum atomic E-state index is -4.52. The van der Waals surface area contributed by atoms with Crippen LogP contribution in [0.1, 0.15) is 11.1 Å². The lowest BCUT2D eigenvalue weighted by molar-refractivity contribution is -0.137. The molecule has 90 valence electrons. The average molecular weight is 255 g/mol. The maximum Gasteiger partial charge on any atom is 0.417 e. The second kappa shape index (κ2) is 5.03. The summed E-state index contributed by atoms with van der Waals surface area (Å²) in [6, 6.07) is 3.39. The van der Waals surface area contributed by atoms with E-state index in [0.717, 1.165) is 12.1 Å². The van der Waals surface area contributed by atoms with Crippen LogP contribution in [0.25, 0.3) is 0 Å². The van der Waals surface area contributed by atoms with Gasteiger partial charge in [0.15, 0.2) is 0 Å². The quantitative estimate of drug-likeness (QED) is 0.869. The van der Waals surface area contributed by atoms with Gasteiger partial charge in [-0.15, -0.1) is 0 Å². The third kappa shape index (κ3) is 3.37. The number of aliphatic hydroxyl groups is 2. The molecule has 0 amide bonds. The van der Waals surface area contributed by atoms with Gasteiger partial charge in [0.1, 0.15) is 0 Å². The molecule has 1 aromatic rings. The molecule has 0 bridgehead atoms. The van der Waals surface area contributed by atoms with Gasteiger partial charge in [0, 0.05) is 6.42 Å². The van der Waals surface area contributed by atoms with E-state index < -0.39 is 24.5 Å². The van der Waals surface area contributed by atoms with E-state index in [1.165, 1.54) is 6.07 Å². The molecule has 2 nitrogen and oxygen atoms in total. The molecule has 16 heavy (non-hydrogen) atoms. The van der Waals surface area contributed by atoms with Gasteiger partial charge in [-0.2, -0.15) is 13.2 Å². The summed E-state index contributed by atoms with van der Waals surface area (Å²) in [4.78, 5) is 0. The summed E-state index contributed by atoms with van der Waals surface area (Å²) in [6.07, 6.45) is -5.63. The van der Waals surface area contributed by atoms with Crippen molar-refractivity contribution in [2.75, 3.05) is 6.61 Å². The van der Waals surface area contributed by atoms with Crippen molar-refractivity contribution >= 4 is 11.6 Å². The fourth-order valence-electron chi connectivity index (χ4n) is 1.25. The second-order valence-electron chi connectivity index (χ2n) is 3.35. The molecule has 0 aliphatic heterocycles. The summed E-state index contributed by atoms with van der Waals surface area (Å²) in [6.45, 7) is -0.496. The number of hydrogen-bond donors (Lipinski definition) is 2. The van der Waals surface area contributed by atoms with Crippen LogP contribution < -0.4 is 0 Å². The fraction of sp³-hybridized carbons (Fsp3) is 0.400. The molecule has 0 spiro atoms. The monoisotopic (exact) mass is 254 g/mol. The SMILES string of the molecule is OCC(O)Cc1ccc(Cl)c(C(F)(F)F)c1. The lowest BCUT2D eigenvalue weighted by atomic mass is 10.0. The van der Waals surface area contributed by atoms with Gasteiger partial charge in [0.25, 0.3) is 0 Å². The molecule has 0 fully saturated rings. The Morgan fingerprint density at radius 2 is 1.94 bits per heavy atom.